The monoisotopic (exact) mass is 279 g/mol. The van der Waals surface area contributed by atoms with Crippen LogP contribution >= 0.6 is 11.3 Å². The van der Waals surface area contributed by atoms with Crippen LogP contribution in [-0.2, 0) is 24.2 Å². The number of thiophene rings is 1. The highest BCUT2D eigenvalue weighted by molar-refractivity contribution is 7.15. The Morgan fingerprint density at radius 1 is 1.58 bits per heavy atom. The summed E-state index contributed by atoms with van der Waals surface area (Å²) in [5.74, 6) is -0.871. The van der Waals surface area contributed by atoms with Crippen molar-refractivity contribution >= 4 is 17.3 Å². The van der Waals surface area contributed by atoms with Crippen LogP contribution in [0.25, 0.3) is 10.8 Å². The van der Waals surface area contributed by atoms with Gasteiger partial charge in [0.25, 0.3) is 0 Å². The minimum atomic E-state index is -1.12. The quantitative estimate of drug-likeness (QED) is 0.931. The zero-order chi connectivity index (χ0) is 13.4. The fraction of sp³-hybridized carbons (Fsp3) is 0.385. The Bertz CT molecular complexity index is 607. The molecule has 0 aromatic carbocycles. The van der Waals surface area contributed by atoms with Crippen LogP contribution in [0.15, 0.2) is 10.5 Å². The first-order chi connectivity index (χ1) is 9.19. The molecule has 6 heteroatoms. The van der Waals surface area contributed by atoms with Crippen LogP contribution < -0.4 is 0 Å². The van der Waals surface area contributed by atoms with Crippen molar-refractivity contribution in [3.05, 3.63) is 28.0 Å². The molecule has 0 amide bonds. The summed E-state index contributed by atoms with van der Waals surface area (Å²) in [5, 5.41) is 9.08. The maximum absolute atomic E-state index is 11.1. The molecule has 0 fully saturated rings. The van der Waals surface area contributed by atoms with Crippen LogP contribution in [-0.4, -0.2) is 23.2 Å². The average Bonchev–Trinajstić information content (AvgIpc) is 2.99. The Labute approximate surface area is 113 Å². The van der Waals surface area contributed by atoms with Gasteiger partial charge < -0.3 is 14.3 Å². The summed E-state index contributed by atoms with van der Waals surface area (Å²) in [6.45, 7) is 0.135. The maximum atomic E-state index is 11.1. The van der Waals surface area contributed by atoms with Crippen molar-refractivity contribution in [1.29, 1.82) is 0 Å². The van der Waals surface area contributed by atoms with Crippen LogP contribution in [0.1, 0.15) is 33.1 Å². The molecule has 1 aliphatic carbocycles. The van der Waals surface area contributed by atoms with Gasteiger partial charge in [-0.3, -0.25) is 0 Å². The number of carboxylic acid groups (broad SMARTS) is 1. The minimum Gasteiger partial charge on any atom is -0.475 e. The zero-order valence-electron chi connectivity index (χ0n) is 10.4. The summed E-state index contributed by atoms with van der Waals surface area (Å²) in [6, 6.07) is 2.06. The van der Waals surface area contributed by atoms with Gasteiger partial charge in [0.15, 0.2) is 0 Å². The second-order valence-electron chi connectivity index (χ2n) is 4.45. The number of methoxy groups -OCH3 is 1. The third-order valence-corrected chi connectivity index (χ3v) is 4.36. The lowest BCUT2D eigenvalue weighted by molar-refractivity contribution is 0.0656. The first-order valence-corrected chi connectivity index (χ1v) is 6.84. The highest BCUT2D eigenvalue weighted by atomic mass is 32.1. The van der Waals surface area contributed by atoms with E-state index in [0.717, 1.165) is 17.7 Å². The van der Waals surface area contributed by atoms with Crippen molar-refractivity contribution in [3.63, 3.8) is 0 Å². The highest BCUT2D eigenvalue weighted by Gasteiger charge is 2.23. The number of aromatic nitrogens is 1. The molecule has 0 saturated carbocycles. The first kappa shape index (κ1) is 12.4. The fourth-order valence-corrected chi connectivity index (χ4v) is 3.47. The molecule has 2 aromatic rings. The lowest BCUT2D eigenvalue weighted by atomic mass is 10.2. The number of carboxylic acids is 1. The lowest BCUT2D eigenvalue weighted by Crippen LogP contribution is -2.00. The Balaban J connectivity index is 2.00. The number of aromatic carboxylic acids is 1. The van der Waals surface area contributed by atoms with Crippen molar-refractivity contribution in [1.82, 2.24) is 4.98 Å². The molecule has 2 aromatic heterocycles. The predicted octanol–water partition coefficient (Wildman–Crippen LogP) is 2.74. The largest absolute Gasteiger partial charge is 0.475 e. The normalized spacial score (nSPS) is 13.7. The van der Waals surface area contributed by atoms with E-state index in [1.165, 1.54) is 24.0 Å². The lowest BCUT2D eigenvalue weighted by Gasteiger charge is -1.92. The zero-order valence-corrected chi connectivity index (χ0v) is 11.2. The molecule has 0 aliphatic heterocycles. The number of hydrogen-bond acceptors (Lipinski definition) is 5. The van der Waals surface area contributed by atoms with Crippen LogP contribution in [0, 0.1) is 0 Å². The Morgan fingerprint density at radius 3 is 3.11 bits per heavy atom. The van der Waals surface area contributed by atoms with E-state index in [1.807, 2.05) is 0 Å². The van der Waals surface area contributed by atoms with Crippen LogP contribution in [0.3, 0.4) is 0 Å². The second kappa shape index (κ2) is 4.79. The summed E-state index contributed by atoms with van der Waals surface area (Å²) >= 11 is 1.64. The topological polar surface area (TPSA) is 72.6 Å². The number of oxazole rings is 1. The molecule has 5 nitrogen and oxygen atoms in total. The smallest absolute Gasteiger partial charge is 0.373 e. The van der Waals surface area contributed by atoms with Crippen molar-refractivity contribution in [2.45, 2.75) is 25.9 Å². The summed E-state index contributed by atoms with van der Waals surface area (Å²) in [6.07, 6.45) is 3.38. The molecule has 0 saturated heterocycles. The SMILES string of the molecule is COCc1nc(-c2cc3c(s2)CCC3)oc1C(=O)O. The van der Waals surface area contributed by atoms with E-state index in [-0.39, 0.29) is 12.4 Å². The number of rotatable bonds is 4. The van der Waals surface area contributed by atoms with E-state index in [1.54, 1.807) is 11.3 Å². The van der Waals surface area contributed by atoms with Crippen molar-refractivity contribution < 1.29 is 19.1 Å². The van der Waals surface area contributed by atoms with Gasteiger partial charge in [-0.25, -0.2) is 9.78 Å². The number of aryl methyl sites for hydroxylation is 2. The summed E-state index contributed by atoms with van der Waals surface area (Å²) in [5.41, 5.74) is 1.67. The number of ether oxygens (including phenoxy) is 1. The van der Waals surface area contributed by atoms with Gasteiger partial charge in [-0.05, 0) is 30.9 Å². The third kappa shape index (κ3) is 2.17. The van der Waals surface area contributed by atoms with E-state index in [9.17, 15) is 4.79 Å². The van der Waals surface area contributed by atoms with E-state index in [4.69, 9.17) is 14.3 Å². The Kier molecular flexibility index (Phi) is 3.12. The molecule has 0 radical (unpaired) electrons. The number of nitrogens with zero attached hydrogens (tertiary/aromatic N) is 1. The highest BCUT2D eigenvalue weighted by Crippen LogP contribution is 2.36. The molecule has 1 aliphatic rings. The van der Waals surface area contributed by atoms with E-state index in [2.05, 4.69) is 11.1 Å². The van der Waals surface area contributed by atoms with Gasteiger partial charge in [-0.2, -0.15) is 0 Å². The summed E-state index contributed by atoms with van der Waals surface area (Å²) < 4.78 is 10.3. The van der Waals surface area contributed by atoms with Crippen LogP contribution in [0.2, 0.25) is 0 Å². The molecule has 1 N–H and O–H groups in total. The molecular weight excluding hydrogens is 266 g/mol. The minimum absolute atomic E-state index is 0.134. The summed E-state index contributed by atoms with van der Waals surface area (Å²) in [7, 11) is 1.50. The van der Waals surface area contributed by atoms with Crippen LogP contribution in [0.5, 0.6) is 0 Å². The van der Waals surface area contributed by atoms with Crippen LogP contribution in [0.4, 0.5) is 0 Å². The molecule has 3 rings (SSSR count). The molecule has 100 valence electrons. The average molecular weight is 279 g/mol. The number of carbonyl (C=O) groups is 1. The van der Waals surface area contributed by atoms with Gasteiger partial charge in [-0.15, -0.1) is 11.3 Å². The maximum Gasteiger partial charge on any atom is 0.373 e. The van der Waals surface area contributed by atoms with Gasteiger partial charge in [0.05, 0.1) is 11.5 Å². The van der Waals surface area contributed by atoms with Gasteiger partial charge in [-0.1, -0.05) is 0 Å². The molecule has 0 atom stereocenters. The van der Waals surface area contributed by atoms with Gasteiger partial charge in [0, 0.05) is 12.0 Å². The predicted molar refractivity (Wildman–Crippen MR) is 69.5 cm³/mol. The molecule has 0 unspecified atom stereocenters. The third-order valence-electron chi connectivity index (χ3n) is 3.13. The van der Waals surface area contributed by atoms with Gasteiger partial charge in [0.1, 0.15) is 5.69 Å². The summed E-state index contributed by atoms with van der Waals surface area (Å²) in [4.78, 5) is 17.6. The standard InChI is InChI=1S/C13H13NO4S/c1-17-6-8-11(13(15)16)18-12(14-8)10-5-7-3-2-4-9(7)19-10/h5H,2-4,6H2,1H3,(H,15,16). The van der Waals surface area contributed by atoms with Gasteiger partial charge in [0.2, 0.25) is 11.7 Å². The van der Waals surface area contributed by atoms with E-state index in [0.29, 0.717) is 11.6 Å². The molecular formula is C13H13NO4S. The Morgan fingerprint density at radius 2 is 2.42 bits per heavy atom. The van der Waals surface area contributed by atoms with Gasteiger partial charge >= 0.3 is 5.97 Å². The second-order valence-corrected chi connectivity index (χ2v) is 5.58. The fourth-order valence-electron chi connectivity index (χ4n) is 2.29. The van der Waals surface area contributed by atoms with E-state index >= 15 is 0 Å². The van der Waals surface area contributed by atoms with Crippen molar-refractivity contribution in [2.75, 3.05) is 7.11 Å². The number of hydrogen-bond donors (Lipinski definition) is 1. The molecule has 0 spiro atoms. The van der Waals surface area contributed by atoms with Crippen molar-refractivity contribution in [2.24, 2.45) is 0 Å². The molecule has 19 heavy (non-hydrogen) atoms. The Hall–Kier alpha value is -1.66. The number of fused-ring (bicyclic) bond motifs is 1. The molecule has 2 heterocycles. The first-order valence-electron chi connectivity index (χ1n) is 6.03. The molecule has 0 bridgehead atoms. The van der Waals surface area contributed by atoms with Crippen molar-refractivity contribution in [3.8, 4) is 10.8 Å². The van der Waals surface area contributed by atoms with E-state index < -0.39 is 5.97 Å².